The fourth-order valence-corrected chi connectivity index (χ4v) is 4.68. The van der Waals surface area contributed by atoms with E-state index >= 15 is 0 Å². The first-order valence-electron chi connectivity index (χ1n) is 7.27. The number of benzene rings is 2. The van der Waals surface area contributed by atoms with Crippen LogP contribution in [0.3, 0.4) is 0 Å². The first-order valence-corrected chi connectivity index (χ1v) is 9.95. The second-order valence-corrected chi connectivity index (χ2v) is 8.36. The number of para-hydroxylation sites is 1. The Morgan fingerprint density at radius 3 is 2.64 bits per heavy atom. The first kappa shape index (κ1) is 17.8. The Bertz CT molecular complexity index is 1020. The maximum atomic E-state index is 12.8. The summed E-state index contributed by atoms with van der Waals surface area (Å²) in [7, 11) is -1.94. The van der Waals surface area contributed by atoms with Crippen molar-refractivity contribution in [3.8, 4) is 0 Å². The third-order valence-electron chi connectivity index (χ3n) is 3.51. The Morgan fingerprint density at radius 2 is 1.92 bits per heavy atom. The summed E-state index contributed by atoms with van der Waals surface area (Å²) in [4.78, 5) is 0.875. The summed E-state index contributed by atoms with van der Waals surface area (Å²) < 4.78 is 30.0. The zero-order valence-corrected chi connectivity index (χ0v) is 15.9. The molecule has 9 heteroatoms. The summed E-state index contributed by atoms with van der Waals surface area (Å²) in [6, 6.07) is 11.9. The molecule has 0 aliphatic rings. The molecule has 0 spiro atoms. The third-order valence-corrected chi connectivity index (χ3v) is 6.56. The minimum absolute atomic E-state index is 0.151. The van der Waals surface area contributed by atoms with E-state index in [0.717, 1.165) is 4.90 Å². The van der Waals surface area contributed by atoms with Crippen LogP contribution in [0, 0.1) is 6.92 Å². The van der Waals surface area contributed by atoms with Crippen molar-refractivity contribution in [2.45, 2.75) is 21.9 Å². The molecule has 0 amide bonds. The van der Waals surface area contributed by atoms with Gasteiger partial charge in [-0.15, -0.1) is 10.2 Å². The van der Waals surface area contributed by atoms with Gasteiger partial charge in [-0.1, -0.05) is 29.8 Å². The standard InChI is InChI=1S/C16H15ClN4O2S2/c1-11-12(17)6-5-9-15(11)25(22,23)20-13-7-3-4-8-14(13)24-16-19-18-10-21(16)2/h3-10,20H,1-2H3. The minimum atomic E-state index is -3.77. The minimum Gasteiger partial charge on any atom is -0.311 e. The van der Waals surface area contributed by atoms with Crippen LogP contribution < -0.4 is 4.72 Å². The van der Waals surface area contributed by atoms with Gasteiger partial charge in [-0.2, -0.15) is 0 Å². The molecule has 1 heterocycles. The van der Waals surface area contributed by atoms with Crippen LogP contribution >= 0.6 is 23.4 Å². The average molecular weight is 395 g/mol. The Labute approximate surface area is 155 Å². The number of hydrogen-bond acceptors (Lipinski definition) is 5. The number of aromatic nitrogens is 3. The maximum absolute atomic E-state index is 12.8. The van der Waals surface area contributed by atoms with Gasteiger partial charge in [0.15, 0.2) is 5.16 Å². The van der Waals surface area contributed by atoms with Crippen molar-refractivity contribution in [2.75, 3.05) is 4.72 Å². The van der Waals surface area contributed by atoms with Crippen molar-refractivity contribution in [1.29, 1.82) is 0 Å². The summed E-state index contributed by atoms with van der Waals surface area (Å²) >= 11 is 7.38. The SMILES string of the molecule is Cc1c(Cl)cccc1S(=O)(=O)Nc1ccccc1Sc1nncn1C. The number of anilines is 1. The molecule has 3 aromatic rings. The van der Waals surface area contributed by atoms with Gasteiger partial charge in [0.1, 0.15) is 6.33 Å². The van der Waals surface area contributed by atoms with Gasteiger partial charge in [-0.3, -0.25) is 4.72 Å². The molecular formula is C16H15ClN4O2S2. The molecule has 0 saturated heterocycles. The largest absolute Gasteiger partial charge is 0.311 e. The highest BCUT2D eigenvalue weighted by Gasteiger charge is 2.20. The van der Waals surface area contributed by atoms with Crippen LogP contribution in [0.2, 0.25) is 5.02 Å². The van der Waals surface area contributed by atoms with E-state index in [4.69, 9.17) is 11.6 Å². The molecule has 1 N–H and O–H groups in total. The molecule has 1 aromatic heterocycles. The van der Waals surface area contributed by atoms with Crippen LogP contribution in [0.5, 0.6) is 0 Å². The van der Waals surface area contributed by atoms with Crippen molar-refractivity contribution in [3.63, 3.8) is 0 Å². The van der Waals surface area contributed by atoms with E-state index in [2.05, 4.69) is 14.9 Å². The Morgan fingerprint density at radius 1 is 1.16 bits per heavy atom. The van der Waals surface area contributed by atoms with E-state index in [1.54, 1.807) is 42.1 Å². The van der Waals surface area contributed by atoms with E-state index in [-0.39, 0.29) is 4.90 Å². The summed E-state index contributed by atoms with van der Waals surface area (Å²) in [5, 5.41) is 8.91. The number of hydrogen-bond donors (Lipinski definition) is 1. The number of rotatable bonds is 5. The fraction of sp³-hybridized carbons (Fsp3) is 0.125. The van der Waals surface area contributed by atoms with Crippen molar-refractivity contribution >= 4 is 39.1 Å². The molecule has 0 aliphatic heterocycles. The van der Waals surface area contributed by atoms with E-state index in [1.807, 2.05) is 19.2 Å². The highest BCUT2D eigenvalue weighted by atomic mass is 35.5. The highest BCUT2D eigenvalue weighted by Crippen LogP contribution is 2.33. The van der Waals surface area contributed by atoms with E-state index in [9.17, 15) is 8.42 Å². The Hall–Kier alpha value is -2.03. The van der Waals surface area contributed by atoms with Gasteiger partial charge >= 0.3 is 0 Å². The van der Waals surface area contributed by atoms with Gasteiger partial charge in [0.05, 0.1) is 10.6 Å². The van der Waals surface area contributed by atoms with Crippen molar-refractivity contribution < 1.29 is 8.42 Å². The predicted octanol–water partition coefficient (Wildman–Crippen LogP) is 3.73. The second-order valence-electron chi connectivity index (χ2n) is 5.29. The average Bonchev–Trinajstić information content (AvgIpc) is 2.96. The van der Waals surface area contributed by atoms with Gasteiger partial charge in [0.2, 0.25) is 0 Å². The van der Waals surface area contributed by atoms with Crippen molar-refractivity contribution in [2.24, 2.45) is 7.05 Å². The fourth-order valence-electron chi connectivity index (χ4n) is 2.18. The van der Waals surface area contributed by atoms with Gasteiger partial charge in [-0.25, -0.2) is 8.42 Å². The molecule has 3 rings (SSSR count). The normalized spacial score (nSPS) is 11.5. The zero-order chi connectivity index (χ0) is 18.0. The lowest BCUT2D eigenvalue weighted by Crippen LogP contribution is -2.15. The second kappa shape index (κ2) is 7.07. The molecule has 0 aliphatic carbocycles. The predicted molar refractivity (Wildman–Crippen MR) is 98.6 cm³/mol. The molecule has 6 nitrogen and oxygen atoms in total. The number of nitrogens with one attached hydrogen (secondary N) is 1. The van der Waals surface area contributed by atoms with Crippen LogP contribution in [0.15, 0.2) is 63.7 Å². The molecular weight excluding hydrogens is 380 g/mol. The molecule has 130 valence electrons. The zero-order valence-electron chi connectivity index (χ0n) is 13.5. The molecule has 0 saturated carbocycles. The smallest absolute Gasteiger partial charge is 0.262 e. The molecule has 0 atom stereocenters. The number of aryl methyl sites for hydroxylation is 1. The van der Waals surface area contributed by atoms with Crippen LogP contribution in [0.25, 0.3) is 0 Å². The lowest BCUT2D eigenvalue weighted by Gasteiger charge is -2.14. The third kappa shape index (κ3) is 3.81. The van der Waals surface area contributed by atoms with Gasteiger partial charge in [-0.05, 0) is 48.5 Å². The van der Waals surface area contributed by atoms with Crippen molar-refractivity contribution in [1.82, 2.24) is 14.8 Å². The lowest BCUT2D eigenvalue weighted by molar-refractivity contribution is 0.600. The Balaban J connectivity index is 1.95. The maximum Gasteiger partial charge on any atom is 0.262 e. The van der Waals surface area contributed by atoms with Crippen LogP contribution in [0.4, 0.5) is 5.69 Å². The molecule has 0 unspecified atom stereocenters. The number of halogens is 1. The molecule has 25 heavy (non-hydrogen) atoms. The van der Waals surface area contributed by atoms with Crippen LogP contribution in [0.1, 0.15) is 5.56 Å². The summed E-state index contributed by atoms with van der Waals surface area (Å²) in [6.07, 6.45) is 1.59. The van der Waals surface area contributed by atoms with Crippen LogP contribution in [-0.4, -0.2) is 23.2 Å². The molecule has 0 fully saturated rings. The van der Waals surface area contributed by atoms with E-state index in [0.29, 0.717) is 21.4 Å². The Kier molecular flexibility index (Phi) is 5.03. The number of nitrogens with zero attached hydrogens (tertiary/aromatic N) is 3. The van der Waals surface area contributed by atoms with Crippen LogP contribution in [-0.2, 0) is 17.1 Å². The number of sulfonamides is 1. The summed E-state index contributed by atoms with van der Waals surface area (Å²) in [6.45, 7) is 1.68. The monoisotopic (exact) mass is 394 g/mol. The van der Waals surface area contributed by atoms with Gasteiger partial charge < -0.3 is 4.57 Å². The quantitative estimate of drug-likeness (QED) is 0.713. The summed E-state index contributed by atoms with van der Waals surface area (Å²) in [5.74, 6) is 0. The lowest BCUT2D eigenvalue weighted by atomic mass is 10.2. The van der Waals surface area contributed by atoms with Gasteiger partial charge in [0, 0.05) is 17.0 Å². The van der Waals surface area contributed by atoms with Crippen molar-refractivity contribution in [3.05, 3.63) is 59.4 Å². The first-order chi connectivity index (χ1) is 11.9. The van der Waals surface area contributed by atoms with Gasteiger partial charge in [0.25, 0.3) is 10.0 Å². The summed E-state index contributed by atoms with van der Waals surface area (Å²) in [5.41, 5.74) is 0.977. The molecule has 0 radical (unpaired) electrons. The topological polar surface area (TPSA) is 76.9 Å². The van der Waals surface area contributed by atoms with E-state index < -0.39 is 10.0 Å². The molecule has 0 bridgehead atoms. The molecule has 2 aromatic carbocycles. The highest BCUT2D eigenvalue weighted by molar-refractivity contribution is 7.99. The van der Waals surface area contributed by atoms with E-state index in [1.165, 1.54) is 17.8 Å².